The van der Waals surface area contributed by atoms with E-state index in [9.17, 15) is 4.79 Å². The van der Waals surface area contributed by atoms with E-state index in [4.69, 9.17) is 5.73 Å². The number of amides is 1. The third-order valence-electron chi connectivity index (χ3n) is 1.76. The molecular weight excluding hydrogens is 168 g/mol. The Bertz CT molecular complexity index is 402. The van der Waals surface area contributed by atoms with E-state index in [1.165, 1.54) is 0 Å². The minimum absolute atomic E-state index is 0.537. The van der Waals surface area contributed by atoms with Crippen LogP contribution in [0.5, 0.6) is 0 Å². The van der Waals surface area contributed by atoms with Gasteiger partial charge in [-0.25, -0.2) is 4.79 Å². The molecule has 2 N–H and O–H groups in total. The van der Waals surface area contributed by atoms with Gasteiger partial charge in [0.1, 0.15) is 0 Å². The average molecular weight is 176 g/mol. The summed E-state index contributed by atoms with van der Waals surface area (Å²) in [6.45, 7) is 0.537. The predicted molar refractivity (Wildman–Crippen MR) is 48.4 cm³/mol. The molecule has 1 aromatic rings. The summed E-state index contributed by atoms with van der Waals surface area (Å²) in [5.74, 6) is 0. The lowest BCUT2D eigenvalue weighted by molar-refractivity contribution is 0.247. The van der Waals surface area contributed by atoms with Crippen molar-refractivity contribution >= 4 is 18.3 Å². The van der Waals surface area contributed by atoms with Crippen LogP contribution in [-0.4, -0.2) is 22.0 Å². The van der Waals surface area contributed by atoms with Gasteiger partial charge in [0, 0.05) is 18.0 Å². The second-order valence-electron chi connectivity index (χ2n) is 2.67. The summed E-state index contributed by atoms with van der Waals surface area (Å²) in [5.41, 5.74) is 6.72. The zero-order chi connectivity index (χ0) is 9.26. The first kappa shape index (κ1) is 7.72. The molecule has 0 radical (unpaired) electrons. The number of hydrogen-bond acceptors (Lipinski definition) is 3. The molecular formula is C8H8N4O. The van der Waals surface area contributed by atoms with Crippen molar-refractivity contribution in [3.05, 3.63) is 23.5 Å². The number of hydrogen-bond donors (Lipinski definition) is 1. The van der Waals surface area contributed by atoms with Gasteiger partial charge in [0.2, 0.25) is 0 Å². The molecule has 2 rings (SSSR count). The number of nitrogens with two attached hydrogens (primary N) is 1. The van der Waals surface area contributed by atoms with E-state index >= 15 is 0 Å². The van der Waals surface area contributed by atoms with Crippen molar-refractivity contribution in [2.75, 3.05) is 0 Å². The molecule has 0 aliphatic carbocycles. The molecule has 5 nitrogen and oxygen atoms in total. The predicted octanol–water partition coefficient (Wildman–Crippen LogP) is 0.408. The highest BCUT2D eigenvalue weighted by atomic mass is 16.2. The van der Waals surface area contributed by atoms with E-state index < -0.39 is 6.03 Å². The van der Waals surface area contributed by atoms with Crippen molar-refractivity contribution in [3.63, 3.8) is 0 Å². The third-order valence-corrected chi connectivity index (χ3v) is 1.76. The molecule has 66 valence electrons. The molecule has 0 saturated carbocycles. The number of carbonyl (C=O) groups is 1. The molecule has 0 aromatic carbocycles. The van der Waals surface area contributed by atoms with E-state index in [1.54, 1.807) is 24.6 Å². The second-order valence-corrected chi connectivity index (χ2v) is 2.67. The number of aliphatic imine (C=N–C) groups is 1. The number of allylic oxidation sites excluding steroid dienone is 1. The Morgan fingerprint density at radius 3 is 3.23 bits per heavy atom. The summed E-state index contributed by atoms with van der Waals surface area (Å²) in [5, 5.41) is 3.99. The van der Waals surface area contributed by atoms with Gasteiger partial charge in [0.15, 0.2) is 0 Å². The van der Waals surface area contributed by atoms with Crippen LogP contribution in [0.1, 0.15) is 11.3 Å². The molecule has 0 saturated heterocycles. The highest BCUT2D eigenvalue weighted by Gasteiger charge is 2.09. The maximum absolute atomic E-state index is 10.8. The van der Waals surface area contributed by atoms with Gasteiger partial charge in [-0.3, -0.25) is 4.99 Å². The van der Waals surface area contributed by atoms with Gasteiger partial charge in [0.05, 0.1) is 12.2 Å². The number of carbonyl (C=O) groups excluding carboxylic acids is 1. The van der Waals surface area contributed by atoms with Gasteiger partial charge in [-0.1, -0.05) is 0 Å². The van der Waals surface area contributed by atoms with Crippen LogP contribution < -0.4 is 5.73 Å². The van der Waals surface area contributed by atoms with Crippen molar-refractivity contribution in [2.24, 2.45) is 10.7 Å². The van der Waals surface area contributed by atoms with Crippen LogP contribution in [0.3, 0.4) is 0 Å². The third kappa shape index (κ3) is 1.35. The molecule has 0 fully saturated rings. The highest BCUT2D eigenvalue weighted by Crippen LogP contribution is 2.11. The highest BCUT2D eigenvalue weighted by molar-refractivity contribution is 5.80. The van der Waals surface area contributed by atoms with Crippen molar-refractivity contribution in [3.8, 4) is 0 Å². The number of fused-ring (bicyclic) bond motifs is 1. The second kappa shape index (κ2) is 2.85. The summed E-state index contributed by atoms with van der Waals surface area (Å²) in [4.78, 5) is 14.8. The van der Waals surface area contributed by atoms with Crippen LogP contribution in [-0.2, 0) is 6.54 Å². The molecule has 0 unspecified atom stereocenters. The molecule has 13 heavy (non-hydrogen) atoms. The van der Waals surface area contributed by atoms with Crippen molar-refractivity contribution in [2.45, 2.75) is 6.54 Å². The van der Waals surface area contributed by atoms with E-state index in [2.05, 4.69) is 10.1 Å². The van der Waals surface area contributed by atoms with E-state index in [0.29, 0.717) is 6.54 Å². The van der Waals surface area contributed by atoms with E-state index in [-0.39, 0.29) is 0 Å². The lowest BCUT2D eigenvalue weighted by Gasteiger charge is -1.89. The minimum Gasteiger partial charge on any atom is -0.350 e. The quantitative estimate of drug-likeness (QED) is 0.621. The van der Waals surface area contributed by atoms with E-state index in [0.717, 1.165) is 15.9 Å². The fourth-order valence-electron chi connectivity index (χ4n) is 1.14. The molecule has 2 heterocycles. The smallest absolute Gasteiger partial charge is 0.339 e. The minimum atomic E-state index is -0.578. The number of rotatable bonds is 0. The molecule has 0 spiro atoms. The monoisotopic (exact) mass is 176 g/mol. The Kier molecular flexibility index (Phi) is 1.70. The van der Waals surface area contributed by atoms with Crippen LogP contribution >= 0.6 is 0 Å². The lowest BCUT2D eigenvalue weighted by atomic mass is 10.2. The summed E-state index contributed by atoms with van der Waals surface area (Å²) in [7, 11) is 0. The normalized spacial score (nSPS) is 13.8. The molecule has 1 aliphatic rings. The van der Waals surface area contributed by atoms with Crippen molar-refractivity contribution in [1.29, 1.82) is 0 Å². The maximum Gasteiger partial charge on any atom is 0.339 e. The Balaban J connectivity index is 2.46. The summed E-state index contributed by atoms with van der Waals surface area (Å²) >= 11 is 0. The number of nitrogens with zero attached hydrogens (tertiary/aromatic N) is 3. The van der Waals surface area contributed by atoms with Gasteiger partial charge in [-0.2, -0.15) is 9.78 Å². The molecule has 1 amide bonds. The SMILES string of the molecule is NC(=O)n1cc2c(n1)C=CC=NC2. The summed E-state index contributed by atoms with van der Waals surface area (Å²) < 4.78 is 1.12. The van der Waals surface area contributed by atoms with Crippen molar-refractivity contribution < 1.29 is 4.79 Å². The van der Waals surface area contributed by atoms with Gasteiger partial charge >= 0.3 is 6.03 Å². The van der Waals surface area contributed by atoms with Crippen LogP contribution in [0.15, 0.2) is 17.3 Å². The van der Waals surface area contributed by atoms with Gasteiger partial charge in [0.25, 0.3) is 0 Å². The first-order valence-electron chi connectivity index (χ1n) is 3.82. The Labute approximate surface area is 74.6 Å². The van der Waals surface area contributed by atoms with Crippen LogP contribution in [0.25, 0.3) is 6.08 Å². The zero-order valence-corrected chi connectivity index (χ0v) is 6.84. The fourth-order valence-corrected chi connectivity index (χ4v) is 1.14. The Morgan fingerprint density at radius 1 is 1.62 bits per heavy atom. The number of aromatic nitrogens is 2. The van der Waals surface area contributed by atoms with E-state index in [1.807, 2.05) is 0 Å². The molecule has 1 aromatic heterocycles. The number of primary amides is 1. The van der Waals surface area contributed by atoms with Gasteiger partial charge in [-0.05, 0) is 12.2 Å². The van der Waals surface area contributed by atoms with Crippen molar-refractivity contribution in [1.82, 2.24) is 9.78 Å². The molecule has 1 aliphatic heterocycles. The summed E-state index contributed by atoms with van der Waals surface area (Å²) in [6.07, 6.45) is 6.89. The fraction of sp³-hybridized carbons (Fsp3) is 0.125. The largest absolute Gasteiger partial charge is 0.350 e. The zero-order valence-electron chi connectivity index (χ0n) is 6.84. The summed E-state index contributed by atoms with van der Waals surface area (Å²) in [6, 6.07) is -0.578. The molecule has 0 atom stereocenters. The molecule has 0 bridgehead atoms. The Morgan fingerprint density at radius 2 is 2.46 bits per heavy atom. The maximum atomic E-state index is 10.8. The standard InChI is InChI=1S/C8H8N4O/c9-8(13)12-5-6-4-10-3-1-2-7(6)11-12/h1-3,5H,4H2,(H2,9,13). The topological polar surface area (TPSA) is 73.3 Å². The van der Waals surface area contributed by atoms with Crippen LogP contribution in [0.4, 0.5) is 4.79 Å². The van der Waals surface area contributed by atoms with Gasteiger partial charge in [-0.15, -0.1) is 0 Å². The van der Waals surface area contributed by atoms with Crippen LogP contribution in [0.2, 0.25) is 0 Å². The lowest BCUT2D eigenvalue weighted by Crippen LogP contribution is -2.19. The van der Waals surface area contributed by atoms with Crippen LogP contribution in [0, 0.1) is 0 Å². The molecule has 5 heteroatoms. The average Bonchev–Trinajstić information content (AvgIpc) is 2.38. The first-order chi connectivity index (χ1) is 6.27. The van der Waals surface area contributed by atoms with Gasteiger partial charge < -0.3 is 5.73 Å². The Hall–Kier alpha value is -1.91. The first-order valence-corrected chi connectivity index (χ1v) is 3.82.